The number of aliphatic hydroxyl groups excluding tert-OH is 1. The Labute approximate surface area is 198 Å². The number of rotatable bonds is 8. The summed E-state index contributed by atoms with van der Waals surface area (Å²) in [5, 5.41) is 11.2. The fourth-order valence-electron chi connectivity index (χ4n) is 4.20. The maximum atomic E-state index is 13.2. The third-order valence-electron chi connectivity index (χ3n) is 5.97. The highest BCUT2D eigenvalue weighted by atomic mass is 16.5. The number of carbonyl (C=O) groups excluding carboxylic acids is 2. The molecule has 2 aromatic carbocycles. The van der Waals surface area contributed by atoms with Gasteiger partial charge in [0, 0.05) is 36.6 Å². The van der Waals surface area contributed by atoms with E-state index in [1.165, 1.54) is 12.0 Å². The number of hydrogen-bond donors (Lipinski definition) is 1. The van der Waals surface area contributed by atoms with Crippen molar-refractivity contribution in [2.75, 3.05) is 20.8 Å². The lowest BCUT2D eigenvalue weighted by molar-refractivity contribution is -0.140. The van der Waals surface area contributed by atoms with Crippen molar-refractivity contribution in [2.45, 2.75) is 25.9 Å². The number of aliphatic hydroxyl groups is 1. The van der Waals surface area contributed by atoms with Crippen LogP contribution >= 0.6 is 0 Å². The zero-order valence-corrected chi connectivity index (χ0v) is 19.4. The molecule has 8 heteroatoms. The van der Waals surface area contributed by atoms with Crippen molar-refractivity contribution in [1.82, 2.24) is 14.5 Å². The molecule has 0 aliphatic carbocycles. The molecule has 1 aliphatic heterocycles. The highest BCUT2D eigenvalue weighted by molar-refractivity contribution is 6.46. The number of Topliss-reactive ketones (excluding diaryl/α,β-unsaturated/α-hetero) is 1. The molecule has 0 saturated carbocycles. The molecule has 1 aromatic heterocycles. The van der Waals surface area contributed by atoms with Gasteiger partial charge in [0.1, 0.15) is 17.3 Å². The number of ketones is 1. The van der Waals surface area contributed by atoms with Gasteiger partial charge in [-0.1, -0.05) is 29.8 Å². The molecule has 176 valence electrons. The summed E-state index contributed by atoms with van der Waals surface area (Å²) < 4.78 is 12.9. The van der Waals surface area contributed by atoms with E-state index < -0.39 is 17.7 Å². The van der Waals surface area contributed by atoms with Crippen LogP contribution in [0.1, 0.15) is 29.2 Å². The van der Waals surface area contributed by atoms with Crippen molar-refractivity contribution >= 4 is 17.4 Å². The fourth-order valence-corrected chi connectivity index (χ4v) is 4.20. The third kappa shape index (κ3) is 4.39. The van der Waals surface area contributed by atoms with E-state index in [-0.39, 0.29) is 11.3 Å². The van der Waals surface area contributed by atoms with Crippen LogP contribution in [-0.4, -0.2) is 52.0 Å². The molecule has 1 saturated heterocycles. The van der Waals surface area contributed by atoms with Crippen LogP contribution in [0.25, 0.3) is 5.76 Å². The van der Waals surface area contributed by atoms with E-state index in [2.05, 4.69) is 4.98 Å². The summed E-state index contributed by atoms with van der Waals surface area (Å²) in [5.74, 6) is -0.563. The molecule has 1 amide bonds. The number of carbonyl (C=O) groups is 2. The fraction of sp³-hybridized carbons (Fsp3) is 0.269. The van der Waals surface area contributed by atoms with Crippen molar-refractivity contribution in [3.05, 3.63) is 83.4 Å². The summed E-state index contributed by atoms with van der Waals surface area (Å²) in [6.07, 6.45) is 5.83. The lowest BCUT2D eigenvalue weighted by atomic mass is 9.94. The highest BCUT2D eigenvalue weighted by Crippen LogP contribution is 2.43. The topological polar surface area (TPSA) is 93.9 Å². The molecule has 0 spiro atoms. The maximum absolute atomic E-state index is 13.2. The van der Waals surface area contributed by atoms with Gasteiger partial charge < -0.3 is 24.0 Å². The Kier molecular flexibility index (Phi) is 6.67. The Bertz CT molecular complexity index is 1220. The number of amides is 1. The molecular weight excluding hydrogens is 434 g/mol. The van der Waals surface area contributed by atoms with E-state index in [0.29, 0.717) is 42.1 Å². The minimum atomic E-state index is -0.825. The lowest BCUT2D eigenvalue weighted by Gasteiger charge is -2.27. The number of methoxy groups -OCH3 is 2. The van der Waals surface area contributed by atoms with Crippen LogP contribution in [0.15, 0.2) is 66.8 Å². The number of aromatic nitrogens is 2. The monoisotopic (exact) mass is 461 g/mol. The van der Waals surface area contributed by atoms with Crippen LogP contribution in [0.3, 0.4) is 0 Å². The Hall–Kier alpha value is -4.07. The number of imidazole rings is 1. The third-order valence-corrected chi connectivity index (χ3v) is 5.97. The standard InChI is InChI=1S/C26H27N3O5/c1-17-5-7-18(8-6-17)24(30)22-23(20-15-19(33-2)9-10-21(20)34-3)29(26(32)25(22)31)13-4-12-28-14-11-27-16-28/h5-11,14-16,23,30H,4,12-13H2,1-3H3/b24-22+/t23-/m0/s1. The predicted octanol–water partition coefficient (Wildman–Crippen LogP) is 3.72. The summed E-state index contributed by atoms with van der Waals surface area (Å²) >= 11 is 0. The largest absolute Gasteiger partial charge is 0.507 e. The molecule has 2 heterocycles. The van der Waals surface area contributed by atoms with Gasteiger partial charge >= 0.3 is 0 Å². The van der Waals surface area contributed by atoms with Gasteiger partial charge in [0.15, 0.2) is 0 Å². The molecule has 1 fully saturated rings. The van der Waals surface area contributed by atoms with Crippen LogP contribution in [0.4, 0.5) is 0 Å². The Morgan fingerprint density at radius 1 is 1.06 bits per heavy atom. The van der Waals surface area contributed by atoms with Crippen molar-refractivity contribution < 1.29 is 24.2 Å². The Balaban J connectivity index is 1.81. The summed E-state index contributed by atoms with van der Waals surface area (Å²) in [7, 11) is 3.07. The molecule has 0 unspecified atom stereocenters. The van der Waals surface area contributed by atoms with Crippen LogP contribution in [0.2, 0.25) is 0 Å². The number of aryl methyl sites for hydroxylation is 2. The molecule has 0 bridgehead atoms. The first kappa shape index (κ1) is 23.1. The minimum absolute atomic E-state index is 0.0306. The van der Waals surface area contributed by atoms with Crippen LogP contribution in [-0.2, 0) is 16.1 Å². The second-order valence-electron chi connectivity index (χ2n) is 8.12. The lowest BCUT2D eigenvalue weighted by Crippen LogP contribution is -2.31. The smallest absolute Gasteiger partial charge is 0.295 e. The van der Waals surface area contributed by atoms with E-state index >= 15 is 0 Å². The first-order chi connectivity index (χ1) is 16.4. The molecule has 4 rings (SSSR count). The molecule has 0 radical (unpaired) electrons. The summed E-state index contributed by atoms with van der Waals surface area (Å²) in [4.78, 5) is 31.9. The van der Waals surface area contributed by atoms with Crippen molar-refractivity contribution in [3.8, 4) is 11.5 Å². The maximum Gasteiger partial charge on any atom is 0.295 e. The van der Waals surface area contributed by atoms with Crippen LogP contribution in [0.5, 0.6) is 11.5 Å². The Morgan fingerprint density at radius 2 is 1.82 bits per heavy atom. The van der Waals surface area contributed by atoms with E-state index in [4.69, 9.17) is 9.47 Å². The quantitative estimate of drug-likeness (QED) is 0.312. The predicted molar refractivity (Wildman–Crippen MR) is 127 cm³/mol. The van der Waals surface area contributed by atoms with Crippen molar-refractivity contribution in [2.24, 2.45) is 0 Å². The Morgan fingerprint density at radius 3 is 2.47 bits per heavy atom. The van der Waals surface area contributed by atoms with Gasteiger partial charge in [0.05, 0.1) is 32.2 Å². The van der Waals surface area contributed by atoms with E-state index in [0.717, 1.165) is 5.56 Å². The average molecular weight is 462 g/mol. The van der Waals surface area contributed by atoms with Gasteiger partial charge in [-0.05, 0) is 31.5 Å². The molecule has 1 aliphatic rings. The molecule has 34 heavy (non-hydrogen) atoms. The summed E-state index contributed by atoms with van der Waals surface area (Å²) in [6.45, 7) is 2.87. The van der Waals surface area contributed by atoms with Gasteiger partial charge in [-0.2, -0.15) is 0 Å². The van der Waals surface area contributed by atoms with E-state index in [1.54, 1.807) is 50.0 Å². The van der Waals surface area contributed by atoms with Crippen LogP contribution in [0, 0.1) is 6.92 Å². The van der Waals surface area contributed by atoms with Gasteiger partial charge in [-0.15, -0.1) is 0 Å². The summed E-state index contributed by atoms with van der Waals surface area (Å²) in [5.41, 5.74) is 2.08. The number of benzene rings is 2. The normalized spacial score (nSPS) is 17.3. The molecule has 1 atom stereocenters. The van der Waals surface area contributed by atoms with Gasteiger partial charge in [0.2, 0.25) is 0 Å². The van der Waals surface area contributed by atoms with Crippen molar-refractivity contribution in [3.63, 3.8) is 0 Å². The minimum Gasteiger partial charge on any atom is -0.507 e. The van der Waals surface area contributed by atoms with Crippen molar-refractivity contribution in [1.29, 1.82) is 0 Å². The first-order valence-corrected chi connectivity index (χ1v) is 11.0. The highest BCUT2D eigenvalue weighted by Gasteiger charge is 2.47. The zero-order chi connectivity index (χ0) is 24.2. The van der Waals surface area contributed by atoms with Gasteiger partial charge in [0.25, 0.3) is 11.7 Å². The first-order valence-electron chi connectivity index (χ1n) is 11.0. The number of likely N-dealkylation sites (tertiary alicyclic amines) is 1. The molecular formula is C26H27N3O5. The SMILES string of the molecule is COc1ccc(OC)c([C@H]2/C(=C(\O)c3ccc(C)cc3)C(=O)C(=O)N2CCCn2ccnc2)c1. The zero-order valence-electron chi connectivity index (χ0n) is 19.4. The molecule has 3 aromatic rings. The van der Waals surface area contributed by atoms with Gasteiger partial charge in [-0.3, -0.25) is 9.59 Å². The van der Waals surface area contributed by atoms with E-state index in [9.17, 15) is 14.7 Å². The second kappa shape index (κ2) is 9.82. The van der Waals surface area contributed by atoms with Gasteiger partial charge in [-0.25, -0.2) is 4.98 Å². The van der Waals surface area contributed by atoms with Crippen LogP contribution < -0.4 is 9.47 Å². The van der Waals surface area contributed by atoms with E-state index in [1.807, 2.05) is 29.8 Å². The average Bonchev–Trinajstić information content (AvgIpc) is 3.46. The number of nitrogens with zero attached hydrogens (tertiary/aromatic N) is 3. The summed E-state index contributed by atoms with van der Waals surface area (Å²) in [6, 6.07) is 11.5. The molecule has 8 nitrogen and oxygen atoms in total. The molecule has 1 N–H and O–H groups in total. The second-order valence-corrected chi connectivity index (χ2v) is 8.12. The number of hydrogen-bond acceptors (Lipinski definition) is 6. The number of ether oxygens (including phenoxy) is 2.